The summed E-state index contributed by atoms with van der Waals surface area (Å²) in [5.41, 5.74) is 2.10. The van der Waals surface area contributed by atoms with E-state index in [2.05, 4.69) is 0 Å². The Labute approximate surface area is 160 Å². The van der Waals surface area contributed by atoms with Gasteiger partial charge in [-0.1, -0.05) is 60.7 Å². The van der Waals surface area contributed by atoms with Crippen molar-refractivity contribution in [3.05, 3.63) is 81.6 Å². The highest BCUT2D eigenvalue weighted by atomic mass is 127. The summed E-state index contributed by atoms with van der Waals surface area (Å²) in [6, 6.07) is 19.7. The third-order valence-corrected chi connectivity index (χ3v) is 4.63. The van der Waals surface area contributed by atoms with E-state index in [9.17, 15) is 4.79 Å². The maximum absolute atomic E-state index is 12.5. The summed E-state index contributed by atoms with van der Waals surface area (Å²) in [6.07, 6.45) is 0.383. The third-order valence-electron chi connectivity index (χ3n) is 3.84. The molecule has 0 bridgehead atoms. The van der Waals surface area contributed by atoms with E-state index in [4.69, 9.17) is 14.2 Å². The molecular weight excluding hydrogens is 431 g/mol. The van der Waals surface area contributed by atoms with Gasteiger partial charge in [0.1, 0.15) is 6.26 Å². The fourth-order valence-corrected chi connectivity index (χ4v) is 2.97. The molecule has 3 rings (SSSR count). The third kappa shape index (κ3) is 5.14. The SMILES string of the molecule is O=C1C(I)=CO[C@H](COCc2ccccc2)[C@@H]1OCc1ccccc1. The van der Waals surface area contributed by atoms with Crippen molar-refractivity contribution in [1.29, 1.82) is 0 Å². The maximum Gasteiger partial charge on any atom is 0.204 e. The monoisotopic (exact) mass is 450 g/mol. The molecule has 0 saturated heterocycles. The summed E-state index contributed by atoms with van der Waals surface area (Å²) in [6.45, 7) is 1.13. The van der Waals surface area contributed by atoms with E-state index in [0.717, 1.165) is 11.1 Å². The summed E-state index contributed by atoms with van der Waals surface area (Å²) < 4.78 is 17.8. The van der Waals surface area contributed by atoms with Crippen LogP contribution >= 0.6 is 22.6 Å². The molecule has 4 nitrogen and oxygen atoms in total. The Morgan fingerprint density at radius 1 is 0.920 bits per heavy atom. The second-order valence-electron chi connectivity index (χ2n) is 5.72. The van der Waals surface area contributed by atoms with Gasteiger partial charge in [-0.25, -0.2) is 0 Å². The zero-order chi connectivity index (χ0) is 17.5. The van der Waals surface area contributed by atoms with Gasteiger partial charge in [-0.05, 0) is 33.7 Å². The smallest absolute Gasteiger partial charge is 0.204 e. The first kappa shape index (κ1) is 18.1. The first-order chi connectivity index (χ1) is 12.2. The quantitative estimate of drug-likeness (QED) is 0.598. The molecule has 25 heavy (non-hydrogen) atoms. The van der Waals surface area contributed by atoms with Crippen molar-refractivity contribution in [2.24, 2.45) is 0 Å². The summed E-state index contributed by atoms with van der Waals surface area (Å²) in [4.78, 5) is 12.5. The van der Waals surface area contributed by atoms with Gasteiger partial charge in [0.25, 0.3) is 0 Å². The highest BCUT2D eigenvalue weighted by molar-refractivity contribution is 14.1. The number of ketones is 1. The van der Waals surface area contributed by atoms with Crippen LogP contribution in [0.25, 0.3) is 0 Å². The fraction of sp³-hybridized carbons (Fsp3) is 0.250. The molecule has 2 aromatic rings. The Balaban J connectivity index is 1.58. The number of ether oxygens (including phenoxy) is 3. The molecule has 2 aromatic carbocycles. The van der Waals surface area contributed by atoms with Crippen LogP contribution in [-0.4, -0.2) is 24.6 Å². The lowest BCUT2D eigenvalue weighted by atomic mass is 10.1. The molecule has 0 N–H and O–H groups in total. The number of rotatable bonds is 7. The Morgan fingerprint density at radius 3 is 2.16 bits per heavy atom. The van der Waals surface area contributed by atoms with Gasteiger partial charge in [-0.2, -0.15) is 0 Å². The van der Waals surface area contributed by atoms with Crippen LogP contribution in [0.4, 0.5) is 0 Å². The minimum Gasteiger partial charge on any atom is -0.491 e. The molecule has 0 radical (unpaired) electrons. The second-order valence-corrected chi connectivity index (χ2v) is 6.88. The normalized spacial score (nSPS) is 20.0. The Morgan fingerprint density at radius 2 is 1.52 bits per heavy atom. The fourth-order valence-electron chi connectivity index (χ4n) is 2.52. The van der Waals surface area contributed by atoms with E-state index in [1.807, 2.05) is 83.3 Å². The number of halogens is 1. The van der Waals surface area contributed by atoms with Crippen molar-refractivity contribution < 1.29 is 19.0 Å². The highest BCUT2D eigenvalue weighted by Crippen LogP contribution is 2.23. The van der Waals surface area contributed by atoms with Crippen molar-refractivity contribution in [2.75, 3.05) is 6.61 Å². The zero-order valence-corrected chi connectivity index (χ0v) is 15.8. The van der Waals surface area contributed by atoms with Crippen LogP contribution in [0.2, 0.25) is 0 Å². The molecule has 130 valence electrons. The summed E-state index contributed by atoms with van der Waals surface area (Å²) in [5, 5.41) is 0. The van der Waals surface area contributed by atoms with Crippen molar-refractivity contribution in [3.63, 3.8) is 0 Å². The topological polar surface area (TPSA) is 44.8 Å². The van der Waals surface area contributed by atoms with Gasteiger partial charge in [0.2, 0.25) is 5.78 Å². The molecule has 1 aliphatic rings. The van der Waals surface area contributed by atoms with Crippen molar-refractivity contribution in [1.82, 2.24) is 0 Å². The lowest BCUT2D eigenvalue weighted by Gasteiger charge is -2.29. The van der Waals surface area contributed by atoms with Crippen LogP contribution < -0.4 is 0 Å². The lowest BCUT2D eigenvalue weighted by Crippen LogP contribution is -2.43. The van der Waals surface area contributed by atoms with Gasteiger partial charge in [-0.15, -0.1) is 0 Å². The maximum atomic E-state index is 12.5. The predicted molar refractivity (Wildman–Crippen MR) is 103 cm³/mol. The molecule has 1 heterocycles. The van der Waals surface area contributed by atoms with E-state index in [1.165, 1.54) is 6.26 Å². The highest BCUT2D eigenvalue weighted by Gasteiger charge is 2.35. The number of benzene rings is 2. The number of carbonyl (C=O) groups excluding carboxylic acids is 1. The van der Waals surface area contributed by atoms with Crippen molar-refractivity contribution in [2.45, 2.75) is 25.4 Å². The number of Topliss-reactive ketones (excluding diaryl/α,β-unsaturated/α-hetero) is 1. The molecule has 0 amide bonds. The molecule has 0 aromatic heterocycles. The number of hydrogen-bond donors (Lipinski definition) is 0. The van der Waals surface area contributed by atoms with E-state index >= 15 is 0 Å². The van der Waals surface area contributed by atoms with Crippen LogP contribution in [-0.2, 0) is 32.2 Å². The number of carbonyl (C=O) groups is 1. The van der Waals surface area contributed by atoms with Crippen molar-refractivity contribution in [3.8, 4) is 0 Å². The van der Waals surface area contributed by atoms with Crippen LogP contribution in [0.1, 0.15) is 11.1 Å². The van der Waals surface area contributed by atoms with Crippen LogP contribution in [0, 0.1) is 0 Å². The van der Waals surface area contributed by atoms with Gasteiger partial charge in [0.15, 0.2) is 12.2 Å². The van der Waals surface area contributed by atoms with Crippen molar-refractivity contribution >= 4 is 28.4 Å². The predicted octanol–water partition coefficient (Wildman–Crippen LogP) is 4.03. The second kappa shape index (κ2) is 9.12. The van der Waals surface area contributed by atoms with Gasteiger partial charge in [0.05, 0.1) is 23.4 Å². The molecule has 5 heteroatoms. The van der Waals surface area contributed by atoms with Gasteiger partial charge in [0, 0.05) is 0 Å². The Bertz CT molecular complexity index is 715. The molecule has 0 fully saturated rings. The Kier molecular flexibility index (Phi) is 6.61. The average molecular weight is 450 g/mol. The average Bonchev–Trinajstić information content (AvgIpc) is 2.66. The molecule has 0 unspecified atom stereocenters. The standard InChI is InChI=1S/C20H19IO4/c21-17-13-24-18(14-23-11-15-7-3-1-4-8-15)20(19(17)22)25-12-16-9-5-2-6-10-16/h1-10,13,18,20H,11-12,14H2/t18-,20+/m1/s1. The summed E-state index contributed by atoms with van der Waals surface area (Å²) in [5.74, 6) is -0.0592. The minimum absolute atomic E-state index is 0.0592. The van der Waals surface area contributed by atoms with E-state index in [0.29, 0.717) is 23.4 Å². The van der Waals surface area contributed by atoms with E-state index in [1.54, 1.807) is 0 Å². The van der Waals surface area contributed by atoms with Crippen LogP contribution in [0.3, 0.4) is 0 Å². The summed E-state index contributed by atoms with van der Waals surface area (Å²) in [7, 11) is 0. The van der Waals surface area contributed by atoms with Gasteiger partial charge in [-0.3, -0.25) is 4.79 Å². The van der Waals surface area contributed by atoms with Gasteiger partial charge >= 0.3 is 0 Å². The minimum atomic E-state index is -0.659. The van der Waals surface area contributed by atoms with Crippen LogP contribution in [0.5, 0.6) is 0 Å². The molecule has 2 atom stereocenters. The first-order valence-corrected chi connectivity index (χ1v) is 9.14. The van der Waals surface area contributed by atoms with Crippen LogP contribution in [0.15, 0.2) is 70.5 Å². The lowest BCUT2D eigenvalue weighted by molar-refractivity contribution is -0.144. The molecule has 0 saturated carbocycles. The summed E-state index contributed by atoms with van der Waals surface area (Å²) >= 11 is 1.98. The van der Waals surface area contributed by atoms with Gasteiger partial charge < -0.3 is 14.2 Å². The van der Waals surface area contributed by atoms with E-state index in [-0.39, 0.29) is 5.78 Å². The van der Waals surface area contributed by atoms with E-state index < -0.39 is 12.2 Å². The first-order valence-electron chi connectivity index (χ1n) is 8.06. The molecule has 1 aliphatic heterocycles. The zero-order valence-electron chi connectivity index (χ0n) is 13.6. The largest absolute Gasteiger partial charge is 0.491 e. The number of hydrogen-bond acceptors (Lipinski definition) is 4. The molecule has 0 aliphatic carbocycles. The molecular formula is C20H19IO4. The molecule has 0 spiro atoms. The Hall–Kier alpha value is -1.70.